The average molecular weight is 815 g/mol. The SMILES string of the molecule is CCCCCCc1ccc(-c2ccc(C#CC3CCC(CCCC)CC3)cc2)cc1.CCCCCCc1ccc(-c2ccc(C#CC3CCC(CCCCC)CC3)cc2)cc1. The highest BCUT2D eigenvalue weighted by molar-refractivity contribution is 5.65. The zero-order valence-electron chi connectivity index (χ0n) is 39.2. The zero-order chi connectivity index (χ0) is 42.7. The van der Waals surface area contributed by atoms with Gasteiger partial charge in [-0.15, -0.1) is 0 Å². The number of rotatable bonds is 19. The maximum absolute atomic E-state index is 3.57. The summed E-state index contributed by atoms with van der Waals surface area (Å²) in [4.78, 5) is 0. The van der Waals surface area contributed by atoms with Crippen LogP contribution in [0, 0.1) is 47.4 Å². The van der Waals surface area contributed by atoms with E-state index >= 15 is 0 Å². The van der Waals surface area contributed by atoms with E-state index in [2.05, 4.69) is 148 Å². The van der Waals surface area contributed by atoms with Crippen molar-refractivity contribution in [1.82, 2.24) is 0 Å². The summed E-state index contributed by atoms with van der Waals surface area (Å²) in [5.74, 6) is 17.2. The van der Waals surface area contributed by atoms with Crippen molar-refractivity contribution >= 4 is 0 Å². The van der Waals surface area contributed by atoms with Crippen LogP contribution in [0.1, 0.15) is 198 Å². The van der Waals surface area contributed by atoms with Gasteiger partial charge in [-0.05, 0) is 147 Å². The Morgan fingerprint density at radius 1 is 0.344 bits per heavy atom. The lowest BCUT2D eigenvalue weighted by atomic mass is 9.80. The quantitative estimate of drug-likeness (QED) is 0.0653. The van der Waals surface area contributed by atoms with Gasteiger partial charge in [0.05, 0.1) is 0 Å². The summed E-state index contributed by atoms with van der Waals surface area (Å²) < 4.78 is 0. The van der Waals surface area contributed by atoms with E-state index in [0.717, 1.165) is 23.0 Å². The van der Waals surface area contributed by atoms with Crippen molar-refractivity contribution in [2.45, 2.75) is 188 Å². The maximum atomic E-state index is 3.57. The predicted molar refractivity (Wildman–Crippen MR) is 268 cm³/mol. The van der Waals surface area contributed by atoms with Crippen molar-refractivity contribution in [2.24, 2.45) is 23.7 Å². The minimum atomic E-state index is 0.604. The van der Waals surface area contributed by atoms with Crippen LogP contribution in [0.3, 0.4) is 0 Å². The van der Waals surface area contributed by atoms with E-state index in [9.17, 15) is 0 Å². The van der Waals surface area contributed by atoms with Gasteiger partial charge >= 0.3 is 0 Å². The molecule has 0 heterocycles. The molecule has 326 valence electrons. The first-order valence-corrected chi connectivity index (χ1v) is 25.5. The molecule has 0 saturated heterocycles. The molecule has 4 aromatic rings. The summed E-state index contributed by atoms with van der Waals surface area (Å²) in [6, 6.07) is 35.9. The normalized spacial score (nSPS) is 18.5. The Kier molecular flexibility index (Phi) is 22.5. The Hall–Kier alpha value is -4.00. The summed E-state index contributed by atoms with van der Waals surface area (Å²) in [5, 5.41) is 0. The molecule has 0 aromatic heterocycles. The van der Waals surface area contributed by atoms with Crippen LogP contribution in [-0.2, 0) is 12.8 Å². The van der Waals surface area contributed by atoms with E-state index in [1.807, 2.05) is 0 Å². The molecule has 2 aliphatic carbocycles. The summed E-state index contributed by atoms with van der Waals surface area (Å²) in [6.07, 6.45) is 33.5. The van der Waals surface area contributed by atoms with E-state index in [0.29, 0.717) is 11.8 Å². The molecule has 0 aliphatic heterocycles. The molecule has 0 heteroatoms. The van der Waals surface area contributed by atoms with Gasteiger partial charge in [0.25, 0.3) is 0 Å². The maximum Gasteiger partial charge on any atom is 0.0245 e. The molecule has 0 unspecified atom stereocenters. The molecule has 4 aromatic carbocycles. The Balaban J connectivity index is 0.000000231. The number of hydrogen-bond acceptors (Lipinski definition) is 0. The highest BCUT2D eigenvalue weighted by Gasteiger charge is 2.20. The third-order valence-corrected chi connectivity index (χ3v) is 13.7. The van der Waals surface area contributed by atoms with Crippen LogP contribution in [0.4, 0.5) is 0 Å². The van der Waals surface area contributed by atoms with Gasteiger partial charge in [0.15, 0.2) is 0 Å². The number of aryl methyl sites for hydroxylation is 2. The van der Waals surface area contributed by atoms with Crippen molar-refractivity contribution in [3.63, 3.8) is 0 Å². The lowest BCUT2D eigenvalue weighted by Gasteiger charge is -2.25. The molecule has 0 bridgehead atoms. The molecule has 0 radical (unpaired) electrons. The van der Waals surface area contributed by atoms with Gasteiger partial charge in [0.2, 0.25) is 0 Å². The van der Waals surface area contributed by atoms with Gasteiger partial charge in [-0.3, -0.25) is 0 Å². The molecule has 61 heavy (non-hydrogen) atoms. The zero-order valence-corrected chi connectivity index (χ0v) is 39.2. The Bertz CT molecular complexity index is 1850. The van der Waals surface area contributed by atoms with Crippen LogP contribution >= 0.6 is 0 Å². The average Bonchev–Trinajstić information content (AvgIpc) is 3.31. The van der Waals surface area contributed by atoms with Crippen LogP contribution in [0.15, 0.2) is 97.1 Å². The van der Waals surface area contributed by atoms with Crippen LogP contribution in [0.2, 0.25) is 0 Å². The smallest absolute Gasteiger partial charge is 0.0245 e. The first-order valence-electron chi connectivity index (χ1n) is 25.5. The minimum absolute atomic E-state index is 0.604. The van der Waals surface area contributed by atoms with Crippen LogP contribution in [0.5, 0.6) is 0 Å². The summed E-state index contributed by atoms with van der Waals surface area (Å²) in [7, 11) is 0. The van der Waals surface area contributed by atoms with Gasteiger partial charge < -0.3 is 0 Å². The molecule has 0 amide bonds. The molecule has 2 aliphatic rings. The second kappa shape index (κ2) is 28.6. The second-order valence-electron chi connectivity index (χ2n) is 18.8. The molecule has 0 N–H and O–H groups in total. The first-order chi connectivity index (χ1) is 30.1. The summed E-state index contributed by atoms with van der Waals surface area (Å²) in [6.45, 7) is 9.13. The first kappa shape index (κ1) is 48.0. The fraction of sp³-hybridized carbons (Fsp3) is 0.541. The molecular weight excluding hydrogens is 733 g/mol. The van der Waals surface area contributed by atoms with Crippen molar-refractivity contribution in [1.29, 1.82) is 0 Å². The standard InChI is InChI=1S/C31H42.C30H40/c1-3-5-7-9-11-27-18-22-30(23-19-27)31-24-20-29(21-25-31)17-16-28-14-12-26(13-15-28)10-8-6-4-2;1-3-5-7-8-10-26-17-21-29(22-18-26)30-23-19-28(20-24-30)16-15-27-13-11-25(12-14-27)9-6-4-2/h18-26,28H,3-15H2,1-2H3;17-25,27H,3-14H2,1-2H3. The molecule has 0 atom stereocenters. The molecule has 2 saturated carbocycles. The molecule has 0 spiro atoms. The Labute approximate surface area is 375 Å². The van der Waals surface area contributed by atoms with Crippen molar-refractivity contribution < 1.29 is 0 Å². The number of unbranched alkanes of at least 4 members (excludes halogenated alkanes) is 9. The Morgan fingerprint density at radius 3 is 1.03 bits per heavy atom. The summed E-state index contributed by atoms with van der Waals surface area (Å²) >= 11 is 0. The van der Waals surface area contributed by atoms with Crippen molar-refractivity contribution in [3.05, 3.63) is 119 Å². The van der Waals surface area contributed by atoms with E-state index in [-0.39, 0.29) is 0 Å². The molecule has 2 fully saturated rings. The van der Waals surface area contributed by atoms with Gasteiger partial charge in [-0.25, -0.2) is 0 Å². The van der Waals surface area contributed by atoms with E-state index in [1.54, 1.807) is 0 Å². The summed E-state index contributed by atoms with van der Waals surface area (Å²) in [5.41, 5.74) is 10.4. The van der Waals surface area contributed by atoms with Crippen molar-refractivity contribution in [2.75, 3.05) is 0 Å². The van der Waals surface area contributed by atoms with Crippen LogP contribution in [0.25, 0.3) is 22.3 Å². The highest BCUT2D eigenvalue weighted by atomic mass is 14.2. The van der Waals surface area contributed by atoms with E-state index in [1.165, 1.54) is 194 Å². The van der Waals surface area contributed by atoms with Gasteiger partial charge in [-0.2, -0.15) is 0 Å². The minimum Gasteiger partial charge on any atom is -0.0945 e. The largest absolute Gasteiger partial charge is 0.0945 e. The lowest BCUT2D eigenvalue weighted by molar-refractivity contribution is 0.294. The topological polar surface area (TPSA) is 0 Å². The number of benzene rings is 4. The highest BCUT2D eigenvalue weighted by Crippen LogP contribution is 2.33. The molecular formula is C61H82. The van der Waals surface area contributed by atoms with E-state index < -0.39 is 0 Å². The second-order valence-corrected chi connectivity index (χ2v) is 18.8. The third-order valence-electron chi connectivity index (χ3n) is 13.7. The monoisotopic (exact) mass is 815 g/mol. The van der Waals surface area contributed by atoms with Gasteiger partial charge in [0.1, 0.15) is 0 Å². The Morgan fingerprint density at radius 2 is 0.672 bits per heavy atom. The number of hydrogen-bond donors (Lipinski definition) is 0. The van der Waals surface area contributed by atoms with Crippen LogP contribution in [-0.4, -0.2) is 0 Å². The van der Waals surface area contributed by atoms with Crippen LogP contribution < -0.4 is 0 Å². The van der Waals surface area contributed by atoms with E-state index in [4.69, 9.17) is 0 Å². The van der Waals surface area contributed by atoms with Gasteiger partial charge in [0, 0.05) is 23.0 Å². The van der Waals surface area contributed by atoms with Gasteiger partial charge in [-0.1, -0.05) is 208 Å². The molecule has 0 nitrogen and oxygen atoms in total. The fourth-order valence-corrected chi connectivity index (χ4v) is 9.47. The third kappa shape index (κ3) is 18.1. The molecule has 6 rings (SSSR count). The lowest BCUT2D eigenvalue weighted by Crippen LogP contribution is -2.13. The van der Waals surface area contributed by atoms with Crippen molar-refractivity contribution in [3.8, 4) is 45.9 Å². The predicted octanol–water partition coefficient (Wildman–Crippen LogP) is 18.0. The fourth-order valence-electron chi connectivity index (χ4n) is 9.47.